The van der Waals surface area contributed by atoms with Crippen molar-refractivity contribution in [2.45, 2.75) is 6.92 Å². The molecule has 0 atom stereocenters. The molecule has 1 aromatic carbocycles. The molecule has 82 valence electrons. The maximum atomic E-state index is 13.0. The highest BCUT2D eigenvalue weighted by Gasteiger charge is 2.10. The highest BCUT2D eigenvalue weighted by atomic mass is 32.1. The fourth-order valence-corrected chi connectivity index (χ4v) is 2.15. The number of carbonyl (C=O) groups is 1. The highest BCUT2D eigenvalue weighted by molar-refractivity contribution is 7.16. The van der Waals surface area contributed by atoms with E-state index in [-0.39, 0.29) is 0 Å². The van der Waals surface area contributed by atoms with Gasteiger partial charge in [-0.1, -0.05) is 0 Å². The summed E-state index contributed by atoms with van der Waals surface area (Å²) in [4.78, 5) is 15.2. The number of aryl methyl sites for hydroxylation is 1. The maximum Gasteiger partial charge on any atom is 0.161 e. The minimum atomic E-state index is -0.919. The van der Waals surface area contributed by atoms with Crippen LogP contribution in [0.1, 0.15) is 15.4 Å². The second-order valence-electron chi connectivity index (χ2n) is 3.22. The van der Waals surface area contributed by atoms with Gasteiger partial charge < -0.3 is 0 Å². The van der Waals surface area contributed by atoms with E-state index in [4.69, 9.17) is 0 Å². The van der Waals surface area contributed by atoms with Crippen molar-refractivity contribution in [2.75, 3.05) is 0 Å². The predicted molar refractivity (Wildman–Crippen MR) is 57.6 cm³/mol. The largest absolute Gasteiger partial charge is 0.297 e. The second kappa shape index (κ2) is 4.09. The topological polar surface area (TPSA) is 30.0 Å². The molecule has 0 amide bonds. The number of rotatable bonds is 2. The van der Waals surface area contributed by atoms with Gasteiger partial charge in [-0.15, -0.1) is 11.3 Å². The fourth-order valence-electron chi connectivity index (χ4n) is 1.27. The van der Waals surface area contributed by atoms with Gasteiger partial charge in [0, 0.05) is 5.56 Å². The van der Waals surface area contributed by atoms with Crippen LogP contribution in [-0.2, 0) is 0 Å². The Morgan fingerprint density at radius 3 is 2.62 bits per heavy atom. The standard InChI is InChI=1S/C11H7F2NOS/c1-6-10(5-15)16-11(14-6)7-2-3-8(12)9(13)4-7/h2-5H,1H3. The zero-order chi connectivity index (χ0) is 11.7. The molecule has 0 N–H and O–H groups in total. The minimum absolute atomic E-state index is 0.472. The normalized spacial score (nSPS) is 10.4. The third-order valence-electron chi connectivity index (χ3n) is 2.11. The number of benzene rings is 1. The predicted octanol–water partition coefficient (Wildman–Crippen LogP) is 3.21. The number of hydrogen-bond donors (Lipinski definition) is 0. The summed E-state index contributed by atoms with van der Waals surface area (Å²) in [7, 11) is 0. The van der Waals surface area contributed by atoms with Crippen molar-refractivity contribution >= 4 is 17.6 Å². The molecular weight excluding hydrogens is 232 g/mol. The molecule has 0 aliphatic heterocycles. The Hall–Kier alpha value is -1.62. The second-order valence-corrected chi connectivity index (χ2v) is 4.25. The number of hydrogen-bond acceptors (Lipinski definition) is 3. The van der Waals surface area contributed by atoms with Gasteiger partial charge in [0.25, 0.3) is 0 Å². The van der Waals surface area contributed by atoms with E-state index in [0.717, 1.165) is 23.5 Å². The van der Waals surface area contributed by atoms with Crippen LogP contribution in [0.25, 0.3) is 10.6 Å². The summed E-state index contributed by atoms with van der Waals surface area (Å²) in [6.45, 7) is 1.70. The summed E-state index contributed by atoms with van der Waals surface area (Å²) in [5, 5.41) is 0.513. The maximum absolute atomic E-state index is 13.0. The van der Waals surface area contributed by atoms with E-state index in [1.54, 1.807) is 6.92 Å². The lowest BCUT2D eigenvalue weighted by atomic mass is 10.2. The number of nitrogens with zero attached hydrogens (tertiary/aromatic N) is 1. The van der Waals surface area contributed by atoms with E-state index in [0.29, 0.717) is 27.4 Å². The number of thiazole rings is 1. The first kappa shape index (κ1) is 10.9. The van der Waals surface area contributed by atoms with Crippen LogP contribution in [0.4, 0.5) is 8.78 Å². The van der Waals surface area contributed by atoms with E-state index in [9.17, 15) is 13.6 Å². The van der Waals surface area contributed by atoms with Crippen LogP contribution in [0, 0.1) is 18.6 Å². The first-order chi connectivity index (χ1) is 7.61. The molecule has 1 aromatic heterocycles. The minimum Gasteiger partial charge on any atom is -0.297 e. The van der Waals surface area contributed by atoms with Crippen LogP contribution in [0.2, 0.25) is 0 Å². The molecule has 0 bridgehead atoms. The summed E-state index contributed by atoms with van der Waals surface area (Å²) in [6, 6.07) is 3.55. The summed E-state index contributed by atoms with van der Waals surface area (Å²) < 4.78 is 25.7. The molecule has 0 saturated carbocycles. The molecule has 2 aromatic rings. The highest BCUT2D eigenvalue weighted by Crippen LogP contribution is 2.27. The third-order valence-corrected chi connectivity index (χ3v) is 3.24. The molecule has 0 saturated heterocycles. The Morgan fingerprint density at radius 2 is 2.06 bits per heavy atom. The van der Waals surface area contributed by atoms with Crippen LogP contribution in [0.3, 0.4) is 0 Å². The number of halogens is 2. The Balaban J connectivity index is 2.50. The van der Waals surface area contributed by atoms with Crippen molar-refractivity contribution in [3.63, 3.8) is 0 Å². The molecule has 1 heterocycles. The average molecular weight is 239 g/mol. The number of aromatic nitrogens is 1. The lowest BCUT2D eigenvalue weighted by molar-refractivity contribution is 0.112. The van der Waals surface area contributed by atoms with Crippen molar-refractivity contribution in [1.82, 2.24) is 4.98 Å². The lowest BCUT2D eigenvalue weighted by Crippen LogP contribution is -1.84. The van der Waals surface area contributed by atoms with E-state index >= 15 is 0 Å². The molecule has 0 fully saturated rings. The van der Waals surface area contributed by atoms with Crippen LogP contribution in [0.5, 0.6) is 0 Å². The van der Waals surface area contributed by atoms with Gasteiger partial charge >= 0.3 is 0 Å². The van der Waals surface area contributed by atoms with E-state index < -0.39 is 11.6 Å². The smallest absolute Gasteiger partial charge is 0.161 e. The van der Waals surface area contributed by atoms with Crippen molar-refractivity contribution in [1.29, 1.82) is 0 Å². The van der Waals surface area contributed by atoms with Crippen LogP contribution < -0.4 is 0 Å². The van der Waals surface area contributed by atoms with Crippen LogP contribution in [-0.4, -0.2) is 11.3 Å². The average Bonchev–Trinajstić information content (AvgIpc) is 2.64. The zero-order valence-electron chi connectivity index (χ0n) is 8.33. The van der Waals surface area contributed by atoms with Crippen LogP contribution in [0.15, 0.2) is 18.2 Å². The van der Waals surface area contributed by atoms with Crippen molar-refractivity contribution in [3.8, 4) is 10.6 Å². The van der Waals surface area contributed by atoms with Gasteiger partial charge in [-0.25, -0.2) is 13.8 Å². The van der Waals surface area contributed by atoms with Gasteiger partial charge in [-0.3, -0.25) is 4.79 Å². The van der Waals surface area contributed by atoms with Gasteiger partial charge in [-0.2, -0.15) is 0 Å². The summed E-state index contributed by atoms with van der Waals surface area (Å²) in [5.74, 6) is -1.81. The molecule has 0 aliphatic rings. The molecular formula is C11H7F2NOS. The monoisotopic (exact) mass is 239 g/mol. The van der Waals surface area contributed by atoms with E-state index in [1.807, 2.05) is 0 Å². The molecule has 0 radical (unpaired) electrons. The number of aldehydes is 1. The van der Waals surface area contributed by atoms with Gasteiger partial charge in [0.05, 0.1) is 10.6 Å². The van der Waals surface area contributed by atoms with Crippen LogP contribution >= 0.6 is 11.3 Å². The quantitative estimate of drug-likeness (QED) is 0.753. The molecule has 2 nitrogen and oxygen atoms in total. The Labute approximate surface area is 94.6 Å². The van der Waals surface area contributed by atoms with E-state index in [2.05, 4.69) is 4.98 Å². The molecule has 16 heavy (non-hydrogen) atoms. The lowest BCUT2D eigenvalue weighted by Gasteiger charge is -1.96. The summed E-state index contributed by atoms with van der Waals surface area (Å²) in [5.41, 5.74) is 1.07. The van der Waals surface area contributed by atoms with Gasteiger partial charge in [0.2, 0.25) is 0 Å². The summed E-state index contributed by atoms with van der Waals surface area (Å²) in [6.07, 6.45) is 0.705. The Morgan fingerprint density at radius 1 is 1.31 bits per heavy atom. The zero-order valence-corrected chi connectivity index (χ0v) is 9.15. The third kappa shape index (κ3) is 1.86. The van der Waals surface area contributed by atoms with E-state index in [1.165, 1.54) is 6.07 Å². The summed E-state index contributed by atoms with van der Waals surface area (Å²) >= 11 is 1.16. The first-order valence-electron chi connectivity index (χ1n) is 4.50. The molecule has 0 aliphatic carbocycles. The molecule has 2 rings (SSSR count). The molecule has 5 heteroatoms. The van der Waals surface area contributed by atoms with Crippen molar-refractivity contribution < 1.29 is 13.6 Å². The van der Waals surface area contributed by atoms with Gasteiger partial charge in [0.1, 0.15) is 5.01 Å². The SMILES string of the molecule is Cc1nc(-c2ccc(F)c(F)c2)sc1C=O. The van der Waals surface area contributed by atoms with Gasteiger partial charge in [0.15, 0.2) is 17.9 Å². The Kier molecular flexibility index (Phi) is 2.78. The van der Waals surface area contributed by atoms with Crippen molar-refractivity contribution in [2.24, 2.45) is 0 Å². The van der Waals surface area contributed by atoms with Gasteiger partial charge in [-0.05, 0) is 25.1 Å². The number of carbonyl (C=O) groups excluding carboxylic acids is 1. The molecule has 0 spiro atoms. The molecule has 0 unspecified atom stereocenters. The van der Waals surface area contributed by atoms with Crippen molar-refractivity contribution in [3.05, 3.63) is 40.4 Å². The Bertz CT molecular complexity index is 551. The first-order valence-corrected chi connectivity index (χ1v) is 5.31. The fraction of sp³-hybridized carbons (Fsp3) is 0.0909.